The van der Waals surface area contributed by atoms with Gasteiger partial charge in [-0.15, -0.1) is 0 Å². The Hall–Kier alpha value is -3.61. The Labute approximate surface area is 180 Å². The van der Waals surface area contributed by atoms with Gasteiger partial charge in [-0.25, -0.2) is 14.5 Å². The number of methoxy groups -OCH3 is 1. The van der Waals surface area contributed by atoms with Gasteiger partial charge in [0.1, 0.15) is 11.1 Å². The van der Waals surface area contributed by atoms with Gasteiger partial charge in [-0.3, -0.25) is 9.59 Å². The number of amides is 3. The normalized spacial score (nSPS) is 12.6. The van der Waals surface area contributed by atoms with Crippen LogP contribution in [0.3, 0.4) is 0 Å². The Bertz CT molecular complexity index is 886. The van der Waals surface area contributed by atoms with Gasteiger partial charge in [-0.05, 0) is 44.9 Å². The van der Waals surface area contributed by atoms with Crippen molar-refractivity contribution in [1.29, 1.82) is 5.26 Å². The lowest BCUT2D eigenvalue weighted by atomic mass is 9.84. The van der Waals surface area contributed by atoms with E-state index in [-0.39, 0.29) is 19.3 Å². The number of carboxylic acid groups (broad SMARTS) is 1. The minimum Gasteiger partial charge on any atom is -0.465 e. The van der Waals surface area contributed by atoms with Gasteiger partial charge in [0.05, 0.1) is 18.7 Å². The summed E-state index contributed by atoms with van der Waals surface area (Å²) in [6.07, 6.45) is -3.24. The highest BCUT2D eigenvalue weighted by Gasteiger charge is 2.44. The number of ether oxygens (including phenoxy) is 2. The zero-order valence-corrected chi connectivity index (χ0v) is 18.2. The van der Waals surface area contributed by atoms with E-state index in [1.54, 1.807) is 39.0 Å². The highest BCUT2D eigenvalue weighted by molar-refractivity contribution is 5.99. The summed E-state index contributed by atoms with van der Waals surface area (Å²) in [5.41, 5.74) is -1.81. The molecule has 0 bridgehead atoms. The van der Waals surface area contributed by atoms with Crippen LogP contribution in [0.5, 0.6) is 0 Å². The Kier molecular flexibility index (Phi) is 8.55. The number of nitrogens with one attached hydrogen (secondary N) is 1. The third-order valence-electron chi connectivity index (χ3n) is 4.27. The molecule has 0 saturated carbocycles. The van der Waals surface area contributed by atoms with Gasteiger partial charge in [-0.1, -0.05) is 12.1 Å². The number of hydrogen-bond acceptors (Lipinski definition) is 7. The van der Waals surface area contributed by atoms with Gasteiger partial charge in [-0.2, -0.15) is 5.26 Å². The van der Waals surface area contributed by atoms with Crippen molar-refractivity contribution in [1.82, 2.24) is 10.2 Å². The quantitative estimate of drug-likeness (QED) is 0.624. The minimum absolute atomic E-state index is 0.184. The second-order valence-corrected chi connectivity index (χ2v) is 7.92. The molecule has 1 aromatic rings. The summed E-state index contributed by atoms with van der Waals surface area (Å²) in [4.78, 5) is 49.4. The number of carbonyl (C=O) groups excluding carboxylic acids is 3. The molecule has 0 unspecified atom stereocenters. The molecule has 1 rings (SSSR count). The molecule has 3 amide bonds. The number of benzene rings is 1. The number of carbonyl (C=O) groups is 4. The third-order valence-corrected chi connectivity index (χ3v) is 4.27. The Morgan fingerprint density at radius 2 is 1.87 bits per heavy atom. The number of likely N-dealkylation sites (N-methyl/N-ethyl adjacent to an activating group) is 1. The molecule has 10 nitrogen and oxygen atoms in total. The fraction of sp³-hybridized carbons (Fsp3) is 0.476. The van der Waals surface area contributed by atoms with E-state index in [0.717, 1.165) is 14.2 Å². The lowest BCUT2D eigenvalue weighted by molar-refractivity contribution is -0.155. The second kappa shape index (κ2) is 10.4. The molecule has 0 aliphatic rings. The van der Waals surface area contributed by atoms with E-state index >= 15 is 0 Å². The molecule has 2 N–H and O–H groups in total. The molecule has 0 saturated heterocycles. The average Bonchev–Trinajstić information content (AvgIpc) is 2.69. The van der Waals surface area contributed by atoms with Gasteiger partial charge in [0.2, 0.25) is 0 Å². The molecule has 0 heterocycles. The standard InChI is InChI=1S/C21H27N3O7/c1-20(2,3)31-16(25)9-10-21(23-18(27)30-5,17(26)24(4)19(28)29)12-14-7-6-8-15(11-14)13-22/h6-8,11H,9-10,12H2,1-5H3,(H,23,27)(H,28,29)/t21-/m1/s1. The van der Waals surface area contributed by atoms with E-state index in [9.17, 15) is 24.3 Å². The molecule has 0 aliphatic heterocycles. The largest absolute Gasteiger partial charge is 0.465 e. The van der Waals surface area contributed by atoms with E-state index in [1.807, 2.05) is 6.07 Å². The van der Waals surface area contributed by atoms with Crippen molar-refractivity contribution in [2.24, 2.45) is 0 Å². The first kappa shape index (κ1) is 25.4. The number of esters is 1. The summed E-state index contributed by atoms with van der Waals surface area (Å²) in [6, 6.07) is 8.26. The molecule has 0 aliphatic carbocycles. The van der Waals surface area contributed by atoms with Crippen molar-refractivity contribution in [2.45, 2.75) is 51.2 Å². The van der Waals surface area contributed by atoms with Crippen LogP contribution in [0, 0.1) is 11.3 Å². The van der Waals surface area contributed by atoms with Crippen LogP contribution in [0.15, 0.2) is 24.3 Å². The van der Waals surface area contributed by atoms with Gasteiger partial charge < -0.3 is 19.9 Å². The van der Waals surface area contributed by atoms with Gasteiger partial charge >= 0.3 is 18.2 Å². The van der Waals surface area contributed by atoms with Crippen LogP contribution in [0.4, 0.5) is 9.59 Å². The van der Waals surface area contributed by atoms with Crippen LogP contribution in [-0.2, 0) is 25.5 Å². The van der Waals surface area contributed by atoms with Crippen molar-refractivity contribution in [3.8, 4) is 6.07 Å². The number of rotatable bonds is 7. The Balaban J connectivity index is 3.42. The third kappa shape index (κ3) is 7.62. The fourth-order valence-electron chi connectivity index (χ4n) is 2.89. The molecule has 10 heteroatoms. The maximum atomic E-state index is 13.2. The number of hydrogen-bond donors (Lipinski definition) is 2. The minimum atomic E-state index is -1.84. The molecule has 31 heavy (non-hydrogen) atoms. The zero-order valence-electron chi connectivity index (χ0n) is 18.2. The smallest absolute Gasteiger partial charge is 0.413 e. The Morgan fingerprint density at radius 1 is 1.23 bits per heavy atom. The first-order valence-corrected chi connectivity index (χ1v) is 9.41. The van der Waals surface area contributed by atoms with Crippen LogP contribution in [0.25, 0.3) is 0 Å². The maximum absolute atomic E-state index is 13.2. The van der Waals surface area contributed by atoms with Crippen LogP contribution < -0.4 is 5.32 Å². The van der Waals surface area contributed by atoms with Crippen molar-refractivity contribution >= 4 is 24.1 Å². The van der Waals surface area contributed by atoms with E-state index in [1.165, 1.54) is 6.07 Å². The van der Waals surface area contributed by atoms with Crippen molar-refractivity contribution in [2.75, 3.05) is 14.2 Å². The van der Waals surface area contributed by atoms with Gasteiger partial charge in [0, 0.05) is 19.9 Å². The number of nitrogens with zero attached hydrogens (tertiary/aromatic N) is 2. The molecule has 0 spiro atoms. The lowest BCUT2D eigenvalue weighted by Gasteiger charge is -2.35. The molecular weight excluding hydrogens is 406 g/mol. The monoisotopic (exact) mass is 433 g/mol. The molecule has 0 fully saturated rings. The molecule has 0 radical (unpaired) electrons. The van der Waals surface area contributed by atoms with E-state index in [4.69, 9.17) is 10.00 Å². The number of nitriles is 1. The lowest BCUT2D eigenvalue weighted by Crippen LogP contribution is -2.61. The fourth-order valence-corrected chi connectivity index (χ4v) is 2.89. The molecule has 0 aromatic heterocycles. The summed E-state index contributed by atoms with van der Waals surface area (Å²) in [6.45, 7) is 5.05. The first-order chi connectivity index (χ1) is 14.3. The summed E-state index contributed by atoms with van der Waals surface area (Å²) in [5.74, 6) is -1.59. The maximum Gasteiger partial charge on any atom is 0.413 e. The summed E-state index contributed by atoms with van der Waals surface area (Å²) < 4.78 is 9.90. The SMILES string of the molecule is COC(=O)N[C@](CCC(=O)OC(C)(C)C)(Cc1cccc(C#N)c1)C(=O)N(C)C(=O)O. The predicted octanol–water partition coefficient (Wildman–Crippen LogP) is 2.45. The van der Waals surface area contributed by atoms with Crippen LogP contribution >= 0.6 is 0 Å². The molecule has 1 atom stereocenters. The van der Waals surface area contributed by atoms with Crippen LogP contribution in [0.2, 0.25) is 0 Å². The topological polar surface area (TPSA) is 146 Å². The Morgan fingerprint density at radius 3 is 2.39 bits per heavy atom. The number of imide groups is 1. The van der Waals surface area contributed by atoms with E-state index in [2.05, 4.69) is 10.1 Å². The van der Waals surface area contributed by atoms with Crippen molar-refractivity contribution in [3.05, 3.63) is 35.4 Å². The first-order valence-electron chi connectivity index (χ1n) is 9.41. The van der Waals surface area contributed by atoms with E-state index < -0.39 is 35.2 Å². The number of alkyl carbamates (subject to hydrolysis) is 1. The molecule has 1 aromatic carbocycles. The van der Waals surface area contributed by atoms with Crippen molar-refractivity contribution in [3.63, 3.8) is 0 Å². The highest BCUT2D eigenvalue weighted by atomic mass is 16.6. The van der Waals surface area contributed by atoms with Crippen LogP contribution in [0.1, 0.15) is 44.7 Å². The van der Waals surface area contributed by atoms with Gasteiger partial charge in [0.15, 0.2) is 0 Å². The summed E-state index contributed by atoms with van der Waals surface area (Å²) in [7, 11) is 2.13. The van der Waals surface area contributed by atoms with Crippen LogP contribution in [-0.4, -0.2) is 59.4 Å². The zero-order chi connectivity index (χ0) is 23.8. The second-order valence-electron chi connectivity index (χ2n) is 7.92. The van der Waals surface area contributed by atoms with Gasteiger partial charge in [0.25, 0.3) is 5.91 Å². The summed E-state index contributed by atoms with van der Waals surface area (Å²) >= 11 is 0. The molecular formula is C21H27N3O7. The average molecular weight is 433 g/mol. The summed E-state index contributed by atoms with van der Waals surface area (Å²) in [5, 5.41) is 20.9. The predicted molar refractivity (Wildman–Crippen MR) is 109 cm³/mol. The van der Waals surface area contributed by atoms with Crippen molar-refractivity contribution < 1.29 is 33.8 Å². The molecule has 168 valence electrons. The highest BCUT2D eigenvalue weighted by Crippen LogP contribution is 2.25. The van der Waals surface area contributed by atoms with E-state index in [0.29, 0.717) is 16.0 Å².